The molecule has 46 heavy (non-hydrogen) atoms. The summed E-state index contributed by atoms with van der Waals surface area (Å²) in [6, 6.07) is 6.19. The van der Waals surface area contributed by atoms with Crippen molar-refractivity contribution in [3.63, 3.8) is 0 Å². The summed E-state index contributed by atoms with van der Waals surface area (Å²) in [5.74, 6) is 1.14. The smallest absolute Gasteiger partial charge is 0.334 e. The van der Waals surface area contributed by atoms with E-state index in [1.165, 1.54) is 13.2 Å². The van der Waals surface area contributed by atoms with Crippen LogP contribution in [0.25, 0.3) is 16.3 Å². The van der Waals surface area contributed by atoms with Crippen molar-refractivity contribution in [2.45, 2.75) is 43.8 Å². The van der Waals surface area contributed by atoms with Gasteiger partial charge >= 0.3 is 6.02 Å². The summed E-state index contributed by atoms with van der Waals surface area (Å²) in [5, 5.41) is 11.7. The summed E-state index contributed by atoms with van der Waals surface area (Å²) in [5.41, 5.74) is 1.83. The second kappa shape index (κ2) is 11.2. The van der Waals surface area contributed by atoms with E-state index in [2.05, 4.69) is 21.0 Å². The summed E-state index contributed by atoms with van der Waals surface area (Å²) in [6.07, 6.45) is 8.52. The van der Waals surface area contributed by atoms with Crippen LogP contribution in [0.2, 0.25) is 0 Å². The fourth-order valence-electron chi connectivity index (χ4n) is 7.92. The molecular formula is C34H32F3N5O4. The van der Waals surface area contributed by atoms with Gasteiger partial charge in [0.05, 0.1) is 22.7 Å². The SMILES string of the molecule is C#Cc1c(F)ccc2cc(OCOC)cc(C3=C(F)C4=NC(OC[C@@]56CCCN5C[C@H](F)C6)=NN5CCCC(=C45)[C@H]4CON=C34)c12. The number of hydrogen-bond acceptors (Lipinski definition) is 9. The molecule has 0 N–H and O–H groups in total. The Morgan fingerprint density at radius 2 is 2.07 bits per heavy atom. The van der Waals surface area contributed by atoms with Gasteiger partial charge in [0.15, 0.2) is 12.6 Å². The van der Waals surface area contributed by atoms with Gasteiger partial charge in [0.25, 0.3) is 0 Å². The molecule has 12 heteroatoms. The van der Waals surface area contributed by atoms with Crippen molar-refractivity contribution < 1.29 is 32.2 Å². The Hall–Kier alpha value is -4.34. The lowest BCUT2D eigenvalue weighted by Crippen LogP contribution is -2.43. The number of terminal acetylenes is 1. The first-order chi connectivity index (χ1) is 22.4. The zero-order valence-electron chi connectivity index (χ0n) is 25.3. The highest BCUT2D eigenvalue weighted by molar-refractivity contribution is 6.37. The number of ether oxygens (including phenoxy) is 3. The van der Waals surface area contributed by atoms with Crippen LogP contribution in [0.15, 0.2) is 56.6 Å². The van der Waals surface area contributed by atoms with Gasteiger partial charge in [-0.1, -0.05) is 17.1 Å². The number of nitrogens with zero attached hydrogens (tertiary/aromatic N) is 5. The molecule has 238 valence electrons. The third kappa shape index (κ3) is 4.51. The van der Waals surface area contributed by atoms with Gasteiger partial charge in [-0.15, -0.1) is 11.5 Å². The predicted molar refractivity (Wildman–Crippen MR) is 166 cm³/mol. The average molecular weight is 632 g/mol. The molecule has 0 aromatic heterocycles. The summed E-state index contributed by atoms with van der Waals surface area (Å²) in [6.45, 7) is 2.10. The van der Waals surface area contributed by atoms with E-state index in [4.69, 9.17) is 30.6 Å². The van der Waals surface area contributed by atoms with Crippen LogP contribution in [0.5, 0.6) is 5.75 Å². The van der Waals surface area contributed by atoms with Crippen LogP contribution < -0.4 is 4.74 Å². The largest absolute Gasteiger partial charge is 0.468 e. The third-order valence-electron chi connectivity index (χ3n) is 9.88. The number of allylic oxidation sites excluding steroid dienone is 2. The quantitative estimate of drug-likeness (QED) is 0.318. The molecule has 5 aliphatic heterocycles. The maximum absolute atomic E-state index is 17.5. The lowest BCUT2D eigenvalue weighted by molar-refractivity contribution is 0.0512. The van der Waals surface area contributed by atoms with Gasteiger partial charge in [-0.3, -0.25) is 9.91 Å². The van der Waals surface area contributed by atoms with Crippen molar-refractivity contribution in [3.05, 3.63) is 58.3 Å². The summed E-state index contributed by atoms with van der Waals surface area (Å²) < 4.78 is 64.2. The number of hydrogen-bond donors (Lipinski definition) is 0. The van der Waals surface area contributed by atoms with Crippen molar-refractivity contribution in [1.29, 1.82) is 0 Å². The summed E-state index contributed by atoms with van der Waals surface area (Å²) >= 11 is 0. The Bertz CT molecular complexity index is 1850. The summed E-state index contributed by atoms with van der Waals surface area (Å²) in [4.78, 5) is 12.4. The van der Waals surface area contributed by atoms with Crippen molar-refractivity contribution >= 4 is 33.8 Å². The van der Waals surface area contributed by atoms with E-state index in [-0.39, 0.29) is 42.9 Å². The lowest BCUT2D eigenvalue weighted by Gasteiger charge is -2.34. The number of aliphatic imine (C=N–C) groups is 1. The highest BCUT2D eigenvalue weighted by Gasteiger charge is 2.50. The first-order valence-corrected chi connectivity index (χ1v) is 15.6. The monoisotopic (exact) mass is 631 g/mol. The zero-order valence-corrected chi connectivity index (χ0v) is 25.3. The van der Waals surface area contributed by atoms with E-state index in [0.717, 1.165) is 31.4 Å². The average Bonchev–Trinajstić information content (AvgIpc) is 3.75. The van der Waals surface area contributed by atoms with Crippen LogP contribution in [0, 0.1) is 24.1 Å². The lowest BCUT2D eigenvalue weighted by atomic mass is 9.84. The van der Waals surface area contributed by atoms with Gasteiger partial charge in [0.1, 0.15) is 42.4 Å². The van der Waals surface area contributed by atoms with Gasteiger partial charge in [-0.2, -0.15) is 4.99 Å². The molecule has 0 unspecified atom stereocenters. The minimum atomic E-state index is -0.911. The standard InChI is InChI=1S/C34H32F3N5O4/c1-3-22-26(36)8-7-19-12-21(45-18-43-2)13-24(27(19)22)28-29(37)31-32-23(25-16-46-40-30(25)28)6-4-11-42(32)39-33(38-31)44-17-34-9-5-10-41(34)15-20(35)14-34/h1,7-8,12-13,20,25H,4-6,9-11,14-18H2,2H3/t20-,25-,34+/m1/s1. The molecule has 5 heterocycles. The molecule has 0 amide bonds. The molecule has 3 atom stereocenters. The summed E-state index contributed by atoms with van der Waals surface area (Å²) in [7, 11) is 1.49. The van der Waals surface area contributed by atoms with Gasteiger partial charge in [0, 0.05) is 37.6 Å². The Morgan fingerprint density at radius 3 is 2.91 bits per heavy atom. The molecule has 0 bridgehead atoms. The van der Waals surface area contributed by atoms with E-state index in [1.807, 2.05) is 0 Å². The van der Waals surface area contributed by atoms with Crippen molar-refractivity contribution in [1.82, 2.24) is 9.91 Å². The first kappa shape index (κ1) is 29.1. The molecule has 8 rings (SSSR count). The molecule has 1 aliphatic carbocycles. The Balaban J connectivity index is 1.30. The van der Waals surface area contributed by atoms with Crippen molar-refractivity contribution in [2.75, 3.05) is 46.8 Å². The number of rotatable bonds is 6. The van der Waals surface area contributed by atoms with Crippen LogP contribution >= 0.6 is 0 Å². The molecule has 2 aromatic carbocycles. The van der Waals surface area contributed by atoms with E-state index in [0.29, 0.717) is 59.4 Å². The van der Waals surface area contributed by atoms with Crippen molar-refractivity contribution in [3.8, 4) is 18.1 Å². The number of amidine groups is 1. The number of methoxy groups -OCH3 is 1. The fraction of sp³-hybridized carbons (Fsp3) is 0.441. The molecule has 9 nitrogen and oxygen atoms in total. The van der Waals surface area contributed by atoms with E-state index >= 15 is 8.78 Å². The molecule has 0 radical (unpaired) electrons. The number of fused-ring (bicyclic) bond motifs is 4. The van der Waals surface area contributed by atoms with E-state index in [9.17, 15) is 4.39 Å². The van der Waals surface area contributed by atoms with Gasteiger partial charge in [-0.25, -0.2) is 13.2 Å². The molecule has 2 saturated heterocycles. The van der Waals surface area contributed by atoms with Gasteiger partial charge < -0.3 is 19.0 Å². The highest BCUT2D eigenvalue weighted by atomic mass is 19.1. The Morgan fingerprint density at radius 1 is 1.17 bits per heavy atom. The van der Waals surface area contributed by atoms with E-state index in [1.54, 1.807) is 23.2 Å². The van der Waals surface area contributed by atoms with E-state index < -0.39 is 29.3 Å². The first-order valence-electron chi connectivity index (χ1n) is 15.6. The number of benzene rings is 2. The molecule has 0 saturated carbocycles. The molecule has 6 aliphatic rings. The number of oxime groups is 1. The second-order valence-corrected chi connectivity index (χ2v) is 12.5. The van der Waals surface area contributed by atoms with Crippen LogP contribution in [0.1, 0.15) is 43.2 Å². The fourth-order valence-corrected chi connectivity index (χ4v) is 7.92. The second-order valence-electron chi connectivity index (χ2n) is 12.5. The number of alkyl halides is 1. The molecule has 0 spiro atoms. The topological polar surface area (TPSA) is 80.5 Å². The third-order valence-corrected chi connectivity index (χ3v) is 9.88. The van der Waals surface area contributed by atoms with Gasteiger partial charge in [0.2, 0.25) is 0 Å². The minimum Gasteiger partial charge on any atom is -0.468 e. The number of halogens is 3. The van der Waals surface area contributed by atoms with Crippen LogP contribution in [0.4, 0.5) is 13.2 Å². The number of hydrazone groups is 1. The van der Waals surface area contributed by atoms with Gasteiger partial charge in [-0.05, 0) is 66.9 Å². The maximum Gasteiger partial charge on any atom is 0.334 e. The molecule has 2 aromatic rings. The van der Waals surface area contributed by atoms with Crippen LogP contribution in [-0.2, 0) is 14.3 Å². The minimum absolute atomic E-state index is 0.00924. The molecule has 2 fully saturated rings. The highest BCUT2D eigenvalue weighted by Crippen LogP contribution is 2.46. The van der Waals surface area contributed by atoms with Crippen LogP contribution in [0.3, 0.4) is 0 Å². The Labute approximate surface area is 264 Å². The maximum atomic E-state index is 17.5. The molecular weight excluding hydrogens is 599 g/mol. The zero-order chi connectivity index (χ0) is 31.6. The van der Waals surface area contributed by atoms with Crippen molar-refractivity contribution in [2.24, 2.45) is 21.2 Å². The van der Waals surface area contributed by atoms with Crippen LogP contribution in [-0.4, -0.2) is 85.8 Å². The normalized spacial score (nSPS) is 26.9. The Kier molecular flexibility index (Phi) is 7.06. The predicted octanol–water partition coefficient (Wildman–Crippen LogP) is 5.31.